The molecule has 162 valence electrons. The summed E-state index contributed by atoms with van der Waals surface area (Å²) in [6.07, 6.45) is 0. The molecule has 0 fully saturated rings. The SMILES string of the molecule is Cc1ccc(C2=C(Nc3ccc(C(C)C)cc3)C(=O)N(c3ccc(F)c(Cl)c3)C2=O)cc1. The second kappa shape index (κ2) is 8.60. The summed E-state index contributed by atoms with van der Waals surface area (Å²) in [6.45, 7) is 6.15. The molecule has 0 atom stereocenters. The van der Waals surface area contributed by atoms with Crippen LogP contribution in [0.3, 0.4) is 0 Å². The van der Waals surface area contributed by atoms with E-state index in [0.717, 1.165) is 16.5 Å². The van der Waals surface area contributed by atoms with E-state index in [4.69, 9.17) is 11.6 Å². The van der Waals surface area contributed by atoms with Gasteiger partial charge in [-0.05, 0) is 54.3 Å². The fourth-order valence-electron chi connectivity index (χ4n) is 3.59. The Morgan fingerprint density at radius 2 is 1.56 bits per heavy atom. The van der Waals surface area contributed by atoms with E-state index in [9.17, 15) is 14.0 Å². The number of hydrogen-bond donors (Lipinski definition) is 1. The Bertz CT molecular complexity index is 1230. The van der Waals surface area contributed by atoms with Crippen molar-refractivity contribution in [2.45, 2.75) is 26.7 Å². The first-order valence-electron chi connectivity index (χ1n) is 10.3. The van der Waals surface area contributed by atoms with Gasteiger partial charge in [-0.25, -0.2) is 9.29 Å². The highest BCUT2D eigenvalue weighted by molar-refractivity contribution is 6.46. The third kappa shape index (κ3) is 4.04. The van der Waals surface area contributed by atoms with Gasteiger partial charge in [0.15, 0.2) is 0 Å². The van der Waals surface area contributed by atoms with E-state index in [2.05, 4.69) is 19.2 Å². The van der Waals surface area contributed by atoms with E-state index in [1.807, 2.05) is 43.3 Å². The molecular formula is C26H22ClFN2O2. The lowest BCUT2D eigenvalue weighted by Gasteiger charge is -2.16. The molecule has 0 unspecified atom stereocenters. The number of amides is 2. The molecular weight excluding hydrogens is 427 g/mol. The van der Waals surface area contributed by atoms with Crippen LogP contribution in [0.5, 0.6) is 0 Å². The zero-order valence-electron chi connectivity index (χ0n) is 17.9. The maximum atomic E-state index is 13.7. The summed E-state index contributed by atoms with van der Waals surface area (Å²) in [5, 5.41) is 2.98. The van der Waals surface area contributed by atoms with Gasteiger partial charge in [-0.15, -0.1) is 0 Å². The van der Waals surface area contributed by atoms with Crippen LogP contribution in [0.15, 0.2) is 72.4 Å². The Morgan fingerprint density at radius 1 is 0.906 bits per heavy atom. The first-order chi connectivity index (χ1) is 15.3. The van der Waals surface area contributed by atoms with Crippen molar-refractivity contribution in [2.24, 2.45) is 0 Å². The van der Waals surface area contributed by atoms with Crippen molar-refractivity contribution in [1.29, 1.82) is 0 Å². The van der Waals surface area contributed by atoms with E-state index in [1.165, 1.54) is 17.7 Å². The molecule has 1 aliphatic rings. The summed E-state index contributed by atoms with van der Waals surface area (Å²) >= 11 is 5.91. The van der Waals surface area contributed by atoms with Crippen LogP contribution in [0, 0.1) is 12.7 Å². The van der Waals surface area contributed by atoms with Crippen LogP contribution in [-0.2, 0) is 9.59 Å². The van der Waals surface area contributed by atoms with Gasteiger partial charge in [0.1, 0.15) is 11.5 Å². The van der Waals surface area contributed by atoms with Crippen LogP contribution < -0.4 is 10.2 Å². The second-order valence-corrected chi connectivity index (χ2v) is 8.47. The topological polar surface area (TPSA) is 49.4 Å². The highest BCUT2D eigenvalue weighted by atomic mass is 35.5. The summed E-state index contributed by atoms with van der Waals surface area (Å²) in [5.41, 5.74) is 4.13. The number of nitrogens with zero attached hydrogens (tertiary/aromatic N) is 1. The van der Waals surface area contributed by atoms with E-state index < -0.39 is 17.6 Å². The third-order valence-electron chi connectivity index (χ3n) is 5.43. The van der Waals surface area contributed by atoms with Crippen LogP contribution in [0.2, 0.25) is 5.02 Å². The number of rotatable bonds is 5. The zero-order chi connectivity index (χ0) is 23.0. The maximum Gasteiger partial charge on any atom is 0.282 e. The van der Waals surface area contributed by atoms with Gasteiger partial charge in [-0.2, -0.15) is 0 Å². The molecule has 32 heavy (non-hydrogen) atoms. The van der Waals surface area contributed by atoms with Gasteiger partial charge in [0.25, 0.3) is 11.8 Å². The maximum absolute atomic E-state index is 13.7. The van der Waals surface area contributed by atoms with Crippen LogP contribution in [0.25, 0.3) is 5.57 Å². The Morgan fingerprint density at radius 3 is 2.16 bits per heavy atom. The molecule has 6 heteroatoms. The molecule has 3 aromatic carbocycles. The van der Waals surface area contributed by atoms with Crippen LogP contribution in [0.1, 0.15) is 36.5 Å². The molecule has 3 aromatic rings. The number of halogens is 2. The number of carbonyl (C=O) groups excluding carboxylic acids is 2. The second-order valence-electron chi connectivity index (χ2n) is 8.06. The lowest BCUT2D eigenvalue weighted by Crippen LogP contribution is -2.32. The van der Waals surface area contributed by atoms with Crippen LogP contribution >= 0.6 is 11.6 Å². The largest absolute Gasteiger partial charge is 0.350 e. The van der Waals surface area contributed by atoms with Gasteiger partial charge in [-0.1, -0.05) is 67.4 Å². The first kappa shape index (κ1) is 21.8. The minimum absolute atomic E-state index is 0.161. The van der Waals surface area contributed by atoms with Gasteiger partial charge >= 0.3 is 0 Å². The quantitative estimate of drug-likeness (QED) is 0.465. The molecule has 0 aliphatic carbocycles. The van der Waals surface area contributed by atoms with Crippen molar-refractivity contribution in [1.82, 2.24) is 0 Å². The average molecular weight is 449 g/mol. The van der Waals surface area contributed by atoms with Crippen molar-refractivity contribution in [3.8, 4) is 0 Å². The number of benzene rings is 3. The smallest absolute Gasteiger partial charge is 0.282 e. The highest BCUT2D eigenvalue weighted by Crippen LogP contribution is 2.35. The average Bonchev–Trinajstić information content (AvgIpc) is 3.01. The van der Waals surface area contributed by atoms with Crippen molar-refractivity contribution in [2.75, 3.05) is 10.2 Å². The molecule has 0 saturated heterocycles. The minimum atomic E-state index is -0.621. The van der Waals surface area contributed by atoms with Gasteiger partial charge in [-0.3, -0.25) is 9.59 Å². The summed E-state index contributed by atoms with van der Waals surface area (Å²) < 4.78 is 13.7. The number of aryl methyl sites for hydroxylation is 1. The lowest BCUT2D eigenvalue weighted by molar-refractivity contribution is -0.120. The van der Waals surface area contributed by atoms with Crippen molar-refractivity contribution in [3.05, 3.63) is 100.0 Å². The van der Waals surface area contributed by atoms with Crippen molar-refractivity contribution < 1.29 is 14.0 Å². The number of hydrogen-bond acceptors (Lipinski definition) is 3. The molecule has 0 saturated carbocycles. The summed E-state index contributed by atoms with van der Waals surface area (Å²) in [5.74, 6) is -1.27. The normalized spacial score (nSPS) is 14.0. The Hall–Kier alpha value is -3.44. The van der Waals surface area contributed by atoms with Crippen molar-refractivity contribution in [3.63, 3.8) is 0 Å². The number of imide groups is 1. The van der Waals surface area contributed by atoms with Gasteiger partial charge in [0.2, 0.25) is 0 Å². The van der Waals surface area contributed by atoms with Crippen LogP contribution in [0.4, 0.5) is 15.8 Å². The van der Waals surface area contributed by atoms with Gasteiger partial charge in [0, 0.05) is 5.69 Å². The number of nitrogens with one attached hydrogen (secondary N) is 1. The molecule has 0 bridgehead atoms. The number of carbonyl (C=O) groups is 2. The molecule has 2 amide bonds. The predicted octanol–water partition coefficient (Wildman–Crippen LogP) is 6.31. The minimum Gasteiger partial charge on any atom is -0.350 e. The summed E-state index contributed by atoms with van der Waals surface area (Å²) in [4.78, 5) is 27.8. The van der Waals surface area contributed by atoms with Gasteiger partial charge < -0.3 is 5.32 Å². The monoisotopic (exact) mass is 448 g/mol. The predicted molar refractivity (Wildman–Crippen MR) is 126 cm³/mol. The Kier molecular flexibility index (Phi) is 5.85. The standard InChI is InChI=1S/C26H22ClFN2O2/c1-15(2)17-8-10-19(11-9-17)29-24-23(18-6-4-16(3)5-7-18)25(31)30(26(24)32)20-12-13-22(28)21(27)14-20/h4-15,29H,1-3H3. The molecule has 4 nitrogen and oxygen atoms in total. The fourth-order valence-corrected chi connectivity index (χ4v) is 3.76. The molecule has 0 radical (unpaired) electrons. The molecule has 1 aliphatic heterocycles. The van der Waals surface area contributed by atoms with Crippen molar-refractivity contribution >= 4 is 40.4 Å². The van der Waals surface area contributed by atoms with E-state index in [0.29, 0.717) is 17.2 Å². The lowest BCUT2D eigenvalue weighted by atomic mass is 10.0. The molecule has 0 spiro atoms. The fraction of sp³-hybridized carbons (Fsp3) is 0.154. The Balaban J connectivity index is 1.78. The molecule has 1 N–H and O–H groups in total. The summed E-state index contributed by atoms with van der Waals surface area (Å²) in [6, 6.07) is 18.9. The highest BCUT2D eigenvalue weighted by Gasteiger charge is 2.40. The van der Waals surface area contributed by atoms with Gasteiger partial charge in [0.05, 0.1) is 16.3 Å². The van der Waals surface area contributed by atoms with E-state index in [-0.39, 0.29) is 22.0 Å². The Labute approximate surface area is 191 Å². The van der Waals surface area contributed by atoms with Crippen LogP contribution in [-0.4, -0.2) is 11.8 Å². The molecule has 1 heterocycles. The third-order valence-corrected chi connectivity index (χ3v) is 5.72. The first-order valence-corrected chi connectivity index (χ1v) is 10.7. The van der Waals surface area contributed by atoms with E-state index >= 15 is 0 Å². The molecule has 0 aromatic heterocycles. The molecule has 4 rings (SSSR count). The summed E-state index contributed by atoms with van der Waals surface area (Å²) in [7, 11) is 0. The van der Waals surface area contributed by atoms with E-state index in [1.54, 1.807) is 12.1 Å². The zero-order valence-corrected chi connectivity index (χ0v) is 18.7. The number of anilines is 2.